The number of carboxylic acids is 1. The molecule has 7 atom stereocenters. The molecule has 0 fully saturated rings. The number of amides is 6. The number of hydrogen-bond acceptors (Lipinski definition) is 12. The van der Waals surface area contributed by atoms with Crippen molar-refractivity contribution < 1.29 is 48.9 Å². The lowest BCUT2D eigenvalue weighted by molar-refractivity contribution is -0.142. The number of carbonyl (C=O) groups excluding carboxylic acids is 6. The SMILES string of the molecule is CC(C)C[C@H](NC(=O)[C@H](CO)NC(=O)[C@@H](NC(=O)[C@H](CS)NC(=O)CN)[C@@H](C)O)C(=O)N[C@@H](C)C(=O)N[C@@H](Cc1cnc[nH]1)C(=O)O. The van der Waals surface area contributed by atoms with Crippen molar-refractivity contribution in [2.75, 3.05) is 18.9 Å². The highest BCUT2D eigenvalue weighted by atomic mass is 32.1. The highest BCUT2D eigenvalue weighted by molar-refractivity contribution is 7.80. The molecule has 0 radical (unpaired) electrons. The highest BCUT2D eigenvalue weighted by Crippen LogP contribution is 2.07. The van der Waals surface area contributed by atoms with Crippen LogP contribution in [-0.2, 0) is 40.0 Å². The molecule has 1 heterocycles. The number of aromatic amines is 1. The summed E-state index contributed by atoms with van der Waals surface area (Å²) in [7, 11) is 0. The number of rotatable bonds is 20. The smallest absolute Gasteiger partial charge is 0.326 e. The van der Waals surface area contributed by atoms with Crippen LogP contribution in [0.4, 0.5) is 0 Å². The zero-order valence-electron chi connectivity index (χ0n) is 26.5. The molecule has 1 aromatic rings. The van der Waals surface area contributed by atoms with Crippen LogP contribution >= 0.6 is 12.6 Å². The fourth-order valence-corrected chi connectivity index (χ4v) is 4.29. The van der Waals surface area contributed by atoms with Gasteiger partial charge in [0.05, 0.1) is 25.6 Å². The Labute approximate surface area is 276 Å². The molecule has 19 nitrogen and oxygen atoms in total. The van der Waals surface area contributed by atoms with E-state index in [0.29, 0.717) is 5.69 Å². The monoisotopic (exact) mass is 687 g/mol. The summed E-state index contributed by atoms with van der Waals surface area (Å²) in [6.07, 6.45) is 1.24. The van der Waals surface area contributed by atoms with E-state index in [-0.39, 0.29) is 24.5 Å². The number of thiol groups is 1. The molecule has 0 aliphatic heterocycles. The summed E-state index contributed by atoms with van der Waals surface area (Å²) in [5.74, 6) is -6.86. The van der Waals surface area contributed by atoms with E-state index in [1.807, 2.05) is 0 Å². The summed E-state index contributed by atoms with van der Waals surface area (Å²) < 4.78 is 0. The number of carboxylic acid groups (broad SMARTS) is 1. The molecule has 6 amide bonds. The predicted octanol–water partition coefficient (Wildman–Crippen LogP) is -4.73. The number of carbonyl (C=O) groups is 7. The van der Waals surface area contributed by atoms with Crippen LogP contribution < -0.4 is 37.6 Å². The number of nitrogens with one attached hydrogen (secondary N) is 7. The summed E-state index contributed by atoms with van der Waals surface area (Å²) >= 11 is 3.99. The maximum Gasteiger partial charge on any atom is 0.326 e. The molecule has 12 N–H and O–H groups in total. The number of nitrogens with zero attached hydrogens (tertiary/aromatic N) is 1. The standard InChI is InChI=1S/C27H45N9O10S/c1-12(2)5-16(23(41)31-13(3)22(40)34-17(27(45)46)6-15-8-29-11-30-15)33-24(42)18(9-37)35-26(44)21(14(4)38)36-25(43)19(10-47)32-20(39)7-28/h8,11-14,16-19,21,37-38,47H,5-7,9-10,28H2,1-4H3,(H,29,30)(H,31,41)(H,32,39)(H,33,42)(H,34,40)(H,35,44)(H,36,43)(H,45,46)/t13-,14+,16-,17-,18-,19-,21-/m0/s1. The van der Waals surface area contributed by atoms with Crippen molar-refractivity contribution in [1.29, 1.82) is 0 Å². The van der Waals surface area contributed by atoms with Crippen LogP contribution in [0, 0.1) is 5.92 Å². The number of hydrogen-bond donors (Lipinski definition) is 12. The molecule has 0 saturated heterocycles. The zero-order chi connectivity index (χ0) is 35.8. The van der Waals surface area contributed by atoms with Crippen molar-refractivity contribution in [3.05, 3.63) is 18.2 Å². The van der Waals surface area contributed by atoms with Crippen LogP contribution in [0.3, 0.4) is 0 Å². The van der Waals surface area contributed by atoms with E-state index in [1.165, 1.54) is 26.4 Å². The Morgan fingerprint density at radius 3 is 1.89 bits per heavy atom. The van der Waals surface area contributed by atoms with E-state index in [2.05, 4.69) is 54.5 Å². The van der Waals surface area contributed by atoms with Crippen LogP contribution in [0.5, 0.6) is 0 Å². The first kappa shape index (κ1) is 40.8. The largest absolute Gasteiger partial charge is 0.480 e. The normalized spacial score (nSPS) is 15.5. The highest BCUT2D eigenvalue weighted by Gasteiger charge is 2.34. The Kier molecular flexibility index (Phi) is 17.4. The van der Waals surface area contributed by atoms with Crippen LogP contribution in [-0.4, -0.2) is 128 Å². The molecular formula is C27H45N9O10S. The van der Waals surface area contributed by atoms with E-state index in [0.717, 1.165) is 0 Å². The lowest BCUT2D eigenvalue weighted by atomic mass is 10.0. The van der Waals surface area contributed by atoms with Gasteiger partial charge in [0.1, 0.15) is 36.3 Å². The van der Waals surface area contributed by atoms with E-state index in [9.17, 15) is 48.9 Å². The minimum Gasteiger partial charge on any atom is -0.480 e. The molecule has 47 heavy (non-hydrogen) atoms. The number of aliphatic carboxylic acids is 1. The topological polar surface area (TPSA) is 307 Å². The Bertz CT molecular complexity index is 1230. The maximum absolute atomic E-state index is 13.1. The van der Waals surface area contributed by atoms with Crippen molar-refractivity contribution in [3.63, 3.8) is 0 Å². The fraction of sp³-hybridized carbons (Fsp3) is 0.630. The number of imidazole rings is 1. The average molecular weight is 688 g/mol. The van der Waals surface area contributed by atoms with Gasteiger partial charge in [-0.25, -0.2) is 9.78 Å². The number of nitrogens with two attached hydrogens (primary N) is 1. The third-order valence-electron chi connectivity index (χ3n) is 6.58. The van der Waals surface area contributed by atoms with Gasteiger partial charge in [-0.2, -0.15) is 12.6 Å². The van der Waals surface area contributed by atoms with Crippen molar-refractivity contribution in [1.82, 2.24) is 41.9 Å². The van der Waals surface area contributed by atoms with Gasteiger partial charge < -0.3 is 57.9 Å². The second-order valence-electron chi connectivity index (χ2n) is 11.1. The first-order valence-electron chi connectivity index (χ1n) is 14.7. The minimum atomic E-state index is -1.64. The van der Waals surface area contributed by atoms with Crippen molar-refractivity contribution in [2.24, 2.45) is 11.7 Å². The van der Waals surface area contributed by atoms with Crippen molar-refractivity contribution >= 4 is 54.0 Å². The lowest BCUT2D eigenvalue weighted by Crippen LogP contribution is -2.62. The van der Waals surface area contributed by atoms with Crippen LogP contribution in [0.15, 0.2) is 12.5 Å². The third kappa shape index (κ3) is 13.9. The molecule has 0 aromatic carbocycles. The van der Waals surface area contributed by atoms with Gasteiger partial charge in [-0.15, -0.1) is 0 Å². The molecule has 264 valence electrons. The molecule has 1 rings (SSSR count). The number of aliphatic hydroxyl groups excluding tert-OH is 2. The van der Waals surface area contributed by atoms with Crippen LogP contribution in [0.2, 0.25) is 0 Å². The predicted molar refractivity (Wildman–Crippen MR) is 168 cm³/mol. The van der Waals surface area contributed by atoms with Crippen LogP contribution in [0.25, 0.3) is 0 Å². The number of H-pyrrole nitrogens is 1. The van der Waals surface area contributed by atoms with Gasteiger partial charge in [-0.1, -0.05) is 13.8 Å². The molecule has 0 spiro atoms. The minimum absolute atomic E-state index is 0.0710. The molecule has 0 aliphatic rings. The molecule has 20 heteroatoms. The third-order valence-corrected chi connectivity index (χ3v) is 6.95. The summed E-state index contributed by atoms with van der Waals surface area (Å²) in [5.41, 5.74) is 5.69. The Balaban J connectivity index is 2.95. The van der Waals surface area contributed by atoms with Gasteiger partial charge in [-0.05, 0) is 26.2 Å². The number of aliphatic hydroxyl groups is 2. The average Bonchev–Trinajstić information content (AvgIpc) is 3.52. The Morgan fingerprint density at radius 2 is 1.40 bits per heavy atom. The summed E-state index contributed by atoms with van der Waals surface area (Å²) in [5, 5.41) is 43.5. The fourth-order valence-electron chi connectivity index (χ4n) is 4.03. The first-order chi connectivity index (χ1) is 22.0. The molecular weight excluding hydrogens is 642 g/mol. The maximum atomic E-state index is 13.1. The van der Waals surface area contributed by atoms with Gasteiger partial charge in [0.2, 0.25) is 35.4 Å². The van der Waals surface area contributed by atoms with Gasteiger partial charge in [0, 0.05) is 24.1 Å². The zero-order valence-corrected chi connectivity index (χ0v) is 27.4. The van der Waals surface area contributed by atoms with E-state index in [4.69, 9.17) is 5.73 Å². The summed E-state index contributed by atoms with van der Waals surface area (Å²) in [6.45, 7) is 4.66. The lowest BCUT2D eigenvalue weighted by Gasteiger charge is -2.27. The van der Waals surface area contributed by atoms with E-state index < -0.39 is 96.9 Å². The van der Waals surface area contributed by atoms with Crippen molar-refractivity contribution in [3.8, 4) is 0 Å². The second kappa shape index (κ2) is 20.1. The summed E-state index contributed by atoms with van der Waals surface area (Å²) in [6, 6.07) is -8.27. The van der Waals surface area contributed by atoms with Gasteiger partial charge in [0.25, 0.3) is 0 Å². The molecule has 0 saturated carbocycles. The van der Waals surface area contributed by atoms with Gasteiger partial charge in [0.15, 0.2) is 0 Å². The van der Waals surface area contributed by atoms with Gasteiger partial charge >= 0.3 is 5.97 Å². The molecule has 0 unspecified atom stereocenters. The Hall–Kier alpha value is -4.27. The van der Waals surface area contributed by atoms with Crippen LogP contribution in [0.1, 0.15) is 39.8 Å². The molecule has 1 aromatic heterocycles. The molecule has 0 aliphatic carbocycles. The van der Waals surface area contributed by atoms with E-state index >= 15 is 0 Å². The van der Waals surface area contributed by atoms with Gasteiger partial charge in [-0.3, -0.25) is 28.8 Å². The summed E-state index contributed by atoms with van der Waals surface area (Å²) in [4.78, 5) is 94.3. The number of aromatic nitrogens is 2. The first-order valence-corrected chi connectivity index (χ1v) is 15.3. The Morgan fingerprint density at radius 1 is 0.830 bits per heavy atom. The van der Waals surface area contributed by atoms with E-state index in [1.54, 1.807) is 13.8 Å². The quantitative estimate of drug-likeness (QED) is 0.0576. The molecule has 0 bridgehead atoms. The van der Waals surface area contributed by atoms with Crippen molar-refractivity contribution in [2.45, 2.75) is 82.9 Å². The second-order valence-corrected chi connectivity index (χ2v) is 11.4.